The van der Waals surface area contributed by atoms with Crippen LogP contribution in [0.4, 0.5) is 5.69 Å². The minimum Gasteiger partial charge on any atom is -0.594 e. The number of nitrogens with zero attached hydrogens (tertiary/aromatic N) is 3. The van der Waals surface area contributed by atoms with Crippen LogP contribution in [0.1, 0.15) is 0 Å². The number of rotatable bonds is 1. The molecular weight excluding hydrogens is 234 g/mol. The van der Waals surface area contributed by atoms with Gasteiger partial charge in [-0.3, -0.25) is 10.1 Å². The first-order chi connectivity index (χ1) is 8.66. The minimum atomic E-state index is -0.466. The fourth-order valence-corrected chi connectivity index (χ4v) is 1.96. The summed E-state index contributed by atoms with van der Waals surface area (Å²) in [6.45, 7) is 0. The van der Waals surface area contributed by atoms with Gasteiger partial charge in [-0.2, -0.15) is 0 Å². The molecule has 3 aromatic rings. The highest BCUT2D eigenvalue weighted by Gasteiger charge is 2.14. The third-order valence-electron chi connectivity index (χ3n) is 2.79. The van der Waals surface area contributed by atoms with Gasteiger partial charge in [0, 0.05) is 28.7 Å². The fourth-order valence-electron chi connectivity index (χ4n) is 1.96. The van der Waals surface area contributed by atoms with Crippen LogP contribution in [0, 0.1) is 15.3 Å². The molecule has 0 aliphatic carbocycles. The van der Waals surface area contributed by atoms with Gasteiger partial charge in [0.05, 0.1) is 10.3 Å². The molecule has 6 nitrogen and oxygen atoms in total. The summed E-state index contributed by atoms with van der Waals surface area (Å²) in [6.07, 6.45) is 0. The van der Waals surface area contributed by atoms with Gasteiger partial charge < -0.3 is 5.21 Å². The van der Waals surface area contributed by atoms with Crippen molar-refractivity contribution in [3.05, 3.63) is 57.8 Å². The Bertz CT molecular complexity index is 786. The lowest BCUT2D eigenvalue weighted by atomic mass is 10.1. The summed E-state index contributed by atoms with van der Waals surface area (Å²) < 4.78 is 0. The van der Waals surface area contributed by atoms with Crippen LogP contribution in [0.25, 0.3) is 21.8 Å². The fraction of sp³-hybridized carbons (Fsp3) is 0. The van der Waals surface area contributed by atoms with Gasteiger partial charge in [0.25, 0.3) is 11.2 Å². The molecule has 88 valence electrons. The maximum Gasteiger partial charge on any atom is 0.270 e. The Morgan fingerprint density at radius 2 is 1.89 bits per heavy atom. The second kappa shape index (κ2) is 3.63. The molecule has 6 heteroatoms. The van der Waals surface area contributed by atoms with Crippen LogP contribution < -0.4 is 4.85 Å². The van der Waals surface area contributed by atoms with Gasteiger partial charge in [-0.25, -0.2) is 0 Å². The Morgan fingerprint density at radius 3 is 2.67 bits per heavy atom. The second-order valence-corrected chi connectivity index (χ2v) is 3.85. The molecule has 0 atom stereocenters. The lowest BCUT2D eigenvalue weighted by Gasteiger charge is -2.02. The van der Waals surface area contributed by atoms with Crippen LogP contribution in [-0.4, -0.2) is 10.0 Å². The molecule has 18 heavy (non-hydrogen) atoms. The van der Waals surface area contributed by atoms with Gasteiger partial charge >= 0.3 is 0 Å². The van der Waals surface area contributed by atoms with Crippen molar-refractivity contribution in [3.8, 4) is 0 Å². The number of nitro groups is 1. The van der Waals surface area contributed by atoms with Gasteiger partial charge in [0.15, 0.2) is 0 Å². The third-order valence-corrected chi connectivity index (χ3v) is 2.79. The van der Waals surface area contributed by atoms with E-state index in [2.05, 4.69) is 5.10 Å². The molecule has 1 heterocycles. The number of fused-ring (bicyclic) bond motifs is 3. The summed E-state index contributed by atoms with van der Waals surface area (Å²) in [7, 11) is 0. The van der Waals surface area contributed by atoms with E-state index in [9.17, 15) is 15.3 Å². The van der Waals surface area contributed by atoms with E-state index in [1.165, 1.54) is 18.2 Å². The van der Waals surface area contributed by atoms with Crippen molar-refractivity contribution in [2.75, 3.05) is 0 Å². The standard InChI is InChI=1S/C12H7N3O3/c16-14-12-4-2-1-3-9(12)10-7-8(15(17)18)5-6-11(10)13-14/h1-7H. The van der Waals surface area contributed by atoms with Crippen LogP contribution in [0.15, 0.2) is 42.5 Å². The number of para-hydroxylation sites is 1. The molecule has 2 aromatic carbocycles. The van der Waals surface area contributed by atoms with Crippen molar-refractivity contribution in [2.24, 2.45) is 0 Å². The predicted octanol–water partition coefficient (Wildman–Crippen LogP) is 1.93. The van der Waals surface area contributed by atoms with E-state index in [1.54, 1.807) is 24.3 Å². The molecule has 0 unspecified atom stereocenters. The lowest BCUT2D eigenvalue weighted by Crippen LogP contribution is -2.31. The largest absolute Gasteiger partial charge is 0.594 e. The number of aromatic nitrogens is 2. The quantitative estimate of drug-likeness (QED) is 0.214. The van der Waals surface area contributed by atoms with Gasteiger partial charge in [-0.05, 0) is 17.0 Å². The van der Waals surface area contributed by atoms with E-state index in [0.717, 1.165) is 0 Å². The molecule has 0 bridgehead atoms. The molecule has 1 aromatic heterocycles. The van der Waals surface area contributed by atoms with Crippen molar-refractivity contribution < 1.29 is 9.77 Å². The van der Waals surface area contributed by atoms with E-state index in [0.29, 0.717) is 26.7 Å². The Kier molecular flexibility index (Phi) is 2.09. The smallest absolute Gasteiger partial charge is 0.270 e. The Hall–Kier alpha value is -2.76. The van der Waals surface area contributed by atoms with Crippen LogP contribution in [0.2, 0.25) is 0 Å². The summed E-state index contributed by atoms with van der Waals surface area (Å²) in [5.41, 5.74) is 0.818. The normalized spacial score (nSPS) is 10.9. The van der Waals surface area contributed by atoms with E-state index in [1.807, 2.05) is 0 Å². The minimum absolute atomic E-state index is 0.0156. The zero-order valence-electron chi connectivity index (χ0n) is 9.11. The number of hydrogen-bond donors (Lipinski definition) is 0. The average molecular weight is 241 g/mol. The predicted molar refractivity (Wildman–Crippen MR) is 64.9 cm³/mol. The van der Waals surface area contributed by atoms with E-state index < -0.39 is 4.92 Å². The average Bonchev–Trinajstić information content (AvgIpc) is 2.38. The first kappa shape index (κ1) is 10.4. The Labute approximate surface area is 101 Å². The highest BCUT2D eigenvalue weighted by atomic mass is 16.6. The summed E-state index contributed by atoms with van der Waals surface area (Å²) in [4.78, 5) is 10.8. The lowest BCUT2D eigenvalue weighted by molar-refractivity contribution is -0.639. The van der Waals surface area contributed by atoms with Crippen molar-refractivity contribution in [1.82, 2.24) is 5.10 Å². The highest BCUT2D eigenvalue weighted by molar-refractivity contribution is 6.03. The number of hydrogen-bond acceptors (Lipinski definition) is 4. The van der Waals surface area contributed by atoms with E-state index >= 15 is 0 Å². The number of nitro benzene ring substituents is 1. The zero-order valence-corrected chi connectivity index (χ0v) is 9.11. The summed E-state index contributed by atoms with van der Waals surface area (Å²) in [6, 6.07) is 11.1. The maximum atomic E-state index is 11.7. The van der Waals surface area contributed by atoms with Gasteiger partial charge in [-0.1, -0.05) is 12.1 Å². The van der Waals surface area contributed by atoms with Crippen LogP contribution in [0.5, 0.6) is 0 Å². The molecule has 0 spiro atoms. The summed E-state index contributed by atoms with van der Waals surface area (Å²) >= 11 is 0. The van der Waals surface area contributed by atoms with Crippen LogP contribution in [-0.2, 0) is 0 Å². The molecule has 0 fully saturated rings. The Morgan fingerprint density at radius 1 is 1.11 bits per heavy atom. The SMILES string of the molecule is O=[N+]([O-])c1ccc2n[n+]([O-])c3ccccc3c2c1. The first-order valence-corrected chi connectivity index (χ1v) is 5.23. The van der Waals surface area contributed by atoms with Gasteiger partial charge in [-0.15, -0.1) is 0 Å². The summed E-state index contributed by atoms with van der Waals surface area (Å²) in [5, 5.41) is 27.5. The molecule has 0 saturated carbocycles. The van der Waals surface area contributed by atoms with Gasteiger partial charge in [0.2, 0.25) is 0 Å². The molecule has 0 amide bonds. The topological polar surface area (TPSA) is 83.0 Å². The highest BCUT2D eigenvalue weighted by Crippen LogP contribution is 2.24. The molecule has 0 aliphatic heterocycles. The molecular formula is C12H7N3O3. The van der Waals surface area contributed by atoms with Crippen molar-refractivity contribution in [2.45, 2.75) is 0 Å². The number of benzene rings is 2. The molecule has 0 N–H and O–H groups in total. The summed E-state index contributed by atoms with van der Waals surface area (Å²) in [5.74, 6) is 0. The van der Waals surface area contributed by atoms with Crippen LogP contribution in [0.3, 0.4) is 0 Å². The van der Waals surface area contributed by atoms with Crippen molar-refractivity contribution in [1.29, 1.82) is 0 Å². The molecule has 0 saturated heterocycles. The monoisotopic (exact) mass is 241 g/mol. The number of non-ortho nitro benzene ring substituents is 1. The van der Waals surface area contributed by atoms with E-state index in [-0.39, 0.29) is 5.69 Å². The molecule has 3 rings (SSSR count). The molecule has 0 radical (unpaired) electrons. The first-order valence-electron chi connectivity index (χ1n) is 5.23. The van der Waals surface area contributed by atoms with Crippen LogP contribution >= 0.6 is 0 Å². The second-order valence-electron chi connectivity index (χ2n) is 3.85. The Balaban J connectivity index is 2.50. The third kappa shape index (κ3) is 1.43. The van der Waals surface area contributed by atoms with Gasteiger partial charge in [0.1, 0.15) is 5.52 Å². The van der Waals surface area contributed by atoms with Crippen molar-refractivity contribution >= 4 is 27.5 Å². The molecule has 0 aliphatic rings. The maximum absolute atomic E-state index is 11.7. The van der Waals surface area contributed by atoms with Crippen molar-refractivity contribution in [3.63, 3.8) is 0 Å². The zero-order chi connectivity index (χ0) is 12.7. The van der Waals surface area contributed by atoms with E-state index in [4.69, 9.17) is 0 Å².